The molecule has 1 amide bonds. The number of carbonyl (C=O) groups is 1. The predicted octanol–water partition coefficient (Wildman–Crippen LogP) is 2.94. The van der Waals surface area contributed by atoms with Crippen molar-refractivity contribution in [3.8, 4) is 0 Å². The van der Waals surface area contributed by atoms with Crippen molar-refractivity contribution >= 4 is 39.0 Å². The molecular weight excluding hydrogens is 312 g/mol. The Kier molecular flexibility index (Phi) is 5.75. The molecule has 1 unspecified atom stereocenters. The molecule has 0 aliphatic heterocycles. The molecule has 5 heteroatoms. The summed E-state index contributed by atoms with van der Waals surface area (Å²) in [6.45, 7) is 4.00. The average molecular weight is 329 g/mol. The largest absolute Gasteiger partial charge is 0.392 e. The number of carbonyl (C=O) groups excluding carboxylic acids is 1. The summed E-state index contributed by atoms with van der Waals surface area (Å²) in [5.41, 5.74) is 7.30. The van der Waals surface area contributed by atoms with Crippen LogP contribution in [0.4, 0.5) is 0 Å². The minimum absolute atomic E-state index is 0.151. The molecular formula is C13H17BrN2OS. The highest BCUT2D eigenvalue weighted by atomic mass is 79.9. The second-order valence-corrected chi connectivity index (χ2v) is 5.51. The van der Waals surface area contributed by atoms with Crippen LogP contribution in [0, 0.1) is 6.92 Å². The van der Waals surface area contributed by atoms with Crippen molar-refractivity contribution in [2.24, 2.45) is 5.73 Å². The molecule has 1 aromatic carbocycles. The summed E-state index contributed by atoms with van der Waals surface area (Å²) < 4.78 is 0.914. The number of amides is 1. The van der Waals surface area contributed by atoms with Gasteiger partial charge in [-0.1, -0.05) is 47.6 Å². The third kappa shape index (κ3) is 4.07. The lowest BCUT2D eigenvalue weighted by molar-refractivity contribution is 0.0945. The summed E-state index contributed by atoms with van der Waals surface area (Å²) in [5, 5.41) is 2.85. The van der Waals surface area contributed by atoms with Gasteiger partial charge in [-0.05, 0) is 31.0 Å². The van der Waals surface area contributed by atoms with Crippen LogP contribution >= 0.6 is 28.1 Å². The maximum atomic E-state index is 12.1. The number of rotatable bonds is 5. The Morgan fingerprint density at radius 1 is 1.56 bits per heavy atom. The zero-order valence-corrected chi connectivity index (χ0v) is 12.9. The van der Waals surface area contributed by atoms with Gasteiger partial charge < -0.3 is 11.1 Å². The Morgan fingerprint density at radius 3 is 2.72 bits per heavy atom. The summed E-state index contributed by atoms with van der Waals surface area (Å²) in [6.07, 6.45) is 1.67. The van der Waals surface area contributed by atoms with Crippen LogP contribution in [-0.4, -0.2) is 16.9 Å². The van der Waals surface area contributed by atoms with Crippen molar-refractivity contribution in [1.29, 1.82) is 0 Å². The topological polar surface area (TPSA) is 55.1 Å². The first-order valence-corrected chi connectivity index (χ1v) is 7.02. The fourth-order valence-electron chi connectivity index (χ4n) is 1.55. The number of thiocarbonyl (C=S) groups is 1. The SMILES string of the molecule is CCCC(NC(=O)c1ccc(C)c(Br)c1)C(N)=S. The molecule has 3 N–H and O–H groups in total. The van der Waals surface area contributed by atoms with E-state index in [2.05, 4.69) is 21.2 Å². The van der Waals surface area contributed by atoms with Crippen molar-refractivity contribution in [3.05, 3.63) is 33.8 Å². The zero-order valence-electron chi connectivity index (χ0n) is 10.5. The second kappa shape index (κ2) is 6.85. The third-order valence-electron chi connectivity index (χ3n) is 2.66. The Hall–Kier alpha value is -0.940. The monoisotopic (exact) mass is 328 g/mol. The first-order chi connectivity index (χ1) is 8.45. The Labute approximate surface area is 121 Å². The number of nitrogens with one attached hydrogen (secondary N) is 1. The van der Waals surface area contributed by atoms with Crippen LogP contribution in [0.5, 0.6) is 0 Å². The Morgan fingerprint density at radius 2 is 2.22 bits per heavy atom. The van der Waals surface area contributed by atoms with Gasteiger partial charge in [-0.15, -0.1) is 0 Å². The predicted molar refractivity (Wildman–Crippen MR) is 81.8 cm³/mol. The highest BCUT2D eigenvalue weighted by molar-refractivity contribution is 9.10. The van der Waals surface area contributed by atoms with Gasteiger partial charge >= 0.3 is 0 Å². The maximum Gasteiger partial charge on any atom is 0.251 e. The van der Waals surface area contributed by atoms with Crippen LogP contribution in [0.2, 0.25) is 0 Å². The van der Waals surface area contributed by atoms with E-state index in [4.69, 9.17) is 18.0 Å². The molecule has 0 heterocycles. The van der Waals surface area contributed by atoms with Gasteiger partial charge in [-0.2, -0.15) is 0 Å². The van der Waals surface area contributed by atoms with Crippen LogP contribution in [0.15, 0.2) is 22.7 Å². The lowest BCUT2D eigenvalue weighted by atomic mass is 10.1. The molecule has 98 valence electrons. The van der Waals surface area contributed by atoms with Crippen molar-refractivity contribution in [1.82, 2.24) is 5.32 Å². The number of nitrogens with two attached hydrogens (primary N) is 1. The van der Waals surface area contributed by atoms with Gasteiger partial charge in [-0.3, -0.25) is 4.79 Å². The first-order valence-electron chi connectivity index (χ1n) is 5.82. The number of aryl methyl sites for hydroxylation is 1. The number of hydrogen-bond donors (Lipinski definition) is 2. The van der Waals surface area contributed by atoms with E-state index in [1.54, 1.807) is 12.1 Å². The molecule has 0 bridgehead atoms. The molecule has 1 rings (SSSR count). The Balaban J connectivity index is 2.80. The molecule has 1 aromatic rings. The van der Waals surface area contributed by atoms with Gasteiger partial charge in [0.1, 0.15) is 0 Å². The highest BCUT2D eigenvalue weighted by Crippen LogP contribution is 2.17. The van der Waals surface area contributed by atoms with E-state index < -0.39 is 0 Å². The summed E-state index contributed by atoms with van der Waals surface area (Å²) in [6, 6.07) is 5.25. The van der Waals surface area contributed by atoms with Crippen LogP contribution in [0.3, 0.4) is 0 Å². The van der Waals surface area contributed by atoms with E-state index in [1.807, 2.05) is 19.9 Å². The molecule has 0 aromatic heterocycles. The van der Waals surface area contributed by atoms with E-state index in [9.17, 15) is 4.79 Å². The molecule has 0 saturated heterocycles. The maximum absolute atomic E-state index is 12.1. The standard InChI is InChI=1S/C13H17BrN2OS/c1-3-4-11(12(15)18)16-13(17)9-6-5-8(2)10(14)7-9/h5-7,11H,3-4H2,1-2H3,(H2,15,18)(H,16,17). The quantitative estimate of drug-likeness (QED) is 0.817. The molecule has 0 aliphatic carbocycles. The normalized spacial score (nSPS) is 11.9. The van der Waals surface area contributed by atoms with Crippen molar-refractivity contribution < 1.29 is 4.79 Å². The smallest absolute Gasteiger partial charge is 0.251 e. The molecule has 0 aliphatic rings. The molecule has 0 saturated carbocycles. The van der Waals surface area contributed by atoms with Gasteiger partial charge in [-0.25, -0.2) is 0 Å². The van der Waals surface area contributed by atoms with Crippen LogP contribution < -0.4 is 11.1 Å². The van der Waals surface area contributed by atoms with Gasteiger partial charge in [0.15, 0.2) is 0 Å². The molecule has 0 fully saturated rings. The fraction of sp³-hybridized carbons (Fsp3) is 0.385. The summed E-state index contributed by atoms with van der Waals surface area (Å²) >= 11 is 8.36. The molecule has 0 radical (unpaired) electrons. The van der Waals surface area contributed by atoms with Crippen LogP contribution in [0.1, 0.15) is 35.7 Å². The molecule has 1 atom stereocenters. The summed E-state index contributed by atoms with van der Waals surface area (Å²) in [5.74, 6) is -0.151. The van der Waals surface area contributed by atoms with Gasteiger partial charge in [0, 0.05) is 10.0 Å². The minimum Gasteiger partial charge on any atom is -0.392 e. The van der Waals surface area contributed by atoms with Crippen LogP contribution in [-0.2, 0) is 0 Å². The van der Waals surface area contributed by atoms with Crippen molar-refractivity contribution in [3.63, 3.8) is 0 Å². The number of hydrogen-bond acceptors (Lipinski definition) is 2. The highest BCUT2D eigenvalue weighted by Gasteiger charge is 2.15. The molecule has 3 nitrogen and oxygen atoms in total. The second-order valence-electron chi connectivity index (χ2n) is 4.18. The fourth-order valence-corrected chi connectivity index (χ4v) is 2.11. The van der Waals surface area contributed by atoms with Crippen LogP contribution in [0.25, 0.3) is 0 Å². The first kappa shape index (κ1) is 15.1. The molecule has 0 spiro atoms. The van der Waals surface area contributed by atoms with E-state index in [1.165, 1.54) is 0 Å². The summed E-state index contributed by atoms with van der Waals surface area (Å²) in [4.78, 5) is 12.4. The molecule has 18 heavy (non-hydrogen) atoms. The summed E-state index contributed by atoms with van der Waals surface area (Å²) in [7, 11) is 0. The van der Waals surface area contributed by atoms with E-state index >= 15 is 0 Å². The minimum atomic E-state index is -0.238. The van der Waals surface area contributed by atoms with Gasteiger partial charge in [0.2, 0.25) is 0 Å². The number of benzene rings is 1. The average Bonchev–Trinajstić information content (AvgIpc) is 2.31. The van der Waals surface area contributed by atoms with E-state index in [0.717, 1.165) is 22.9 Å². The van der Waals surface area contributed by atoms with Crippen molar-refractivity contribution in [2.75, 3.05) is 0 Å². The lowest BCUT2D eigenvalue weighted by Gasteiger charge is -2.16. The Bertz CT molecular complexity index is 462. The van der Waals surface area contributed by atoms with Crippen molar-refractivity contribution in [2.45, 2.75) is 32.7 Å². The number of halogens is 1. The van der Waals surface area contributed by atoms with Gasteiger partial charge in [0.25, 0.3) is 5.91 Å². The van der Waals surface area contributed by atoms with Gasteiger partial charge in [0.05, 0.1) is 11.0 Å². The third-order valence-corrected chi connectivity index (χ3v) is 3.80. The van der Waals surface area contributed by atoms with E-state index in [0.29, 0.717) is 10.6 Å². The lowest BCUT2D eigenvalue weighted by Crippen LogP contribution is -2.43. The van der Waals surface area contributed by atoms with E-state index in [-0.39, 0.29) is 11.9 Å². The zero-order chi connectivity index (χ0) is 13.7.